The Bertz CT molecular complexity index is 2060. The Labute approximate surface area is 290 Å². The molecule has 246 valence electrons. The second-order valence-corrected chi connectivity index (χ2v) is 12.8. The van der Waals surface area contributed by atoms with Crippen molar-refractivity contribution in [2.75, 3.05) is 40.5 Å². The number of carbonyl (C=O) groups is 2. The molecule has 12 heteroatoms. The maximum atomic E-state index is 14.5. The highest BCUT2D eigenvalue weighted by molar-refractivity contribution is 14.1. The number of benzene rings is 3. The first-order valence-corrected chi connectivity index (χ1v) is 17.1. The summed E-state index contributed by atoms with van der Waals surface area (Å²) in [6, 6.07) is 14.5. The Morgan fingerprint density at radius 1 is 1.04 bits per heavy atom. The molecular formula is C35H36IN3O7S. The molecule has 0 bridgehead atoms. The van der Waals surface area contributed by atoms with Crippen LogP contribution < -0.4 is 29.1 Å². The van der Waals surface area contributed by atoms with Crippen LogP contribution in [0.3, 0.4) is 0 Å². The first kappa shape index (κ1) is 34.2. The summed E-state index contributed by atoms with van der Waals surface area (Å²) in [5, 5.41) is 1.84. The summed E-state index contributed by atoms with van der Waals surface area (Å²) in [5.74, 6) is 0.713. The van der Waals surface area contributed by atoms with E-state index in [9.17, 15) is 14.4 Å². The highest BCUT2D eigenvalue weighted by Crippen LogP contribution is 2.40. The molecule has 1 aliphatic heterocycles. The molecule has 0 spiro atoms. The summed E-state index contributed by atoms with van der Waals surface area (Å²) in [6.45, 7) is 8.43. The monoisotopic (exact) mass is 769 g/mol. The fourth-order valence-electron chi connectivity index (χ4n) is 5.73. The van der Waals surface area contributed by atoms with E-state index in [1.807, 2.05) is 63.2 Å². The number of aromatic nitrogens is 1. The van der Waals surface area contributed by atoms with Gasteiger partial charge in [0, 0.05) is 18.7 Å². The zero-order valence-corrected chi connectivity index (χ0v) is 30.1. The Morgan fingerprint density at radius 2 is 1.77 bits per heavy atom. The van der Waals surface area contributed by atoms with Gasteiger partial charge in [0.15, 0.2) is 22.9 Å². The Balaban J connectivity index is 1.72. The molecule has 1 atom stereocenters. The van der Waals surface area contributed by atoms with Gasteiger partial charge in [-0.3, -0.25) is 14.2 Å². The second-order valence-electron chi connectivity index (χ2n) is 10.6. The van der Waals surface area contributed by atoms with E-state index >= 15 is 0 Å². The van der Waals surface area contributed by atoms with Crippen molar-refractivity contribution in [3.8, 4) is 17.2 Å². The summed E-state index contributed by atoms with van der Waals surface area (Å²) >= 11 is 3.35. The number of thiazole rings is 1. The van der Waals surface area contributed by atoms with E-state index in [0.29, 0.717) is 60.1 Å². The summed E-state index contributed by atoms with van der Waals surface area (Å²) in [4.78, 5) is 47.6. The number of rotatable bonds is 11. The number of likely N-dealkylation sites (N-methyl/N-ethyl adjacent to an activating group) is 1. The first-order valence-electron chi connectivity index (χ1n) is 15.2. The maximum absolute atomic E-state index is 14.5. The molecule has 10 nitrogen and oxygen atoms in total. The maximum Gasteiger partial charge on any atom is 0.344 e. The fraction of sp³-hybridized carbons (Fsp3) is 0.314. The van der Waals surface area contributed by atoms with Crippen LogP contribution in [0.2, 0.25) is 0 Å². The van der Waals surface area contributed by atoms with Crippen LogP contribution in [0.5, 0.6) is 17.2 Å². The van der Waals surface area contributed by atoms with E-state index in [0.717, 1.165) is 16.3 Å². The molecule has 0 saturated carbocycles. The van der Waals surface area contributed by atoms with Gasteiger partial charge in [0.2, 0.25) is 0 Å². The van der Waals surface area contributed by atoms with Crippen molar-refractivity contribution in [2.45, 2.75) is 33.7 Å². The Kier molecular flexibility index (Phi) is 10.7. The number of hydrogen-bond donors (Lipinski definition) is 0. The lowest BCUT2D eigenvalue weighted by molar-refractivity contribution is -0.145. The number of fused-ring (bicyclic) bond motifs is 2. The fourth-order valence-corrected chi connectivity index (χ4v) is 7.56. The summed E-state index contributed by atoms with van der Waals surface area (Å²) in [7, 11) is 3.10. The number of halogens is 1. The summed E-state index contributed by atoms with van der Waals surface area (Å²) in [5.41, 5.74) is 2.11. The molecule has 1 aliphatic rings. The summed E-state index contributed by atoms with van der Waals surface area (Å²) in [6.07, 6.45) is 1.77. The number of esters is 1. The standard InChI is InChI=1S/C35H36IN3O7S/c1-7-38(8-2)34(42)29-20(4)37-35-39(31(29)30-23-13-11-10-12-22(23)14-15-25(30)43-5)33(41)27(47-35)18-21-16-24(36)32(26(17-21)44-6)46-19-28(40)45-9-3/h10-18,31H,7-9,19H2,1-6H3/b27-18+/t31-/m0/s1. The van der Waals surface area contributed by atoms with Crippen molar-refractivity contribution < 1.29 is 28.5 Å². The largest absolute Gasteiger partial charge is 0.496 e. The van der Waals surface area contributed by atoms with Crippen LogP contribution in [-0.4, -0.2) is 61.9 Å². The molecular weight excluding hydrogens is 733 g/mol. The van der Waals surface area contributed by atoms with Gasteiger partial charge in [-0.1, -0.05) is 41.7 Å². The molecule has 0 saturated heterocycles. The van der Waals surface area contributed by atoms with Crippen molar-refractivity contribution in [1.82, 2.24) is 9.47 Å². The number of amides is 1. The molecule has 1 aromatic heterocycles. The number of hydrogen-bond acceptors (Lipinski definition) is 9. The van der Waals surface area contributed by atoms with E-state index in [1.54, 1.807) is 35.6 Å². The van der Waals surface area contributed by atoms with Crippen LogP contribution in [-0.2, 0) is 14.3 Å². The van der Waals surface area contributed by atoms with Gasteiger partial charge in [-0.2, -0.15) is 0 Å². The van der Waals surface area contributed by atoms with E-state index < -0.39 is 12.0 Å². The average Bonchev–Trinajstić information content (AvgIpc) is 3.36. The Hall–Kier alpha value is -4.17. The van der Waals surface area contributed by atoms with Crippen LogP contribution in [0, 0.1) is 3.57 Å². The van der Waals surface area contributed by atoms with Crippen LogP contribution in [0.4, 0.5) is 0 Å². The van der Waals surface area contributed by atoms with Crippen LogP contribution in [0.25, 0.3) is 16.8 Å². The van der Waals surface area contributed by atoms with Crippen LogP contribution in [0.15, 0.2) is 69.6 Å². The number of carbonyl (C=O) groups excluding carboxylic acids is 2. The van der Waals surface area contributed by atoms with E-state index in [2.05, 4.69) is 22.6 Å². The SMILES string of the molecule is CCOC(=O)COc1c(I)cc(/C=c2/sc3n(c2=O)[C@H](c2c(OC)ccc4ccccc24)C(C(=O)N(CC)CC)=C(C)N=3)cc1OC. The highest BCUT2D eigenvalue weighted by Gasteiger charge is 2.36. The van der Waals surface area contributed by atoms with Crippen molar-refractivity contribution >= 4 is 62.7 Å². The van der Waals surface area contributed by atoms with Crippen molar-refractivity contribution in [3.63, 3.8) is 0 Å². The Morgan fingerprint density at radius 3 is 2.45 bits per heavy atom. The molecule has 0 aliphatic carbocycles. The predicted molar refractivity (Wildman–Crippen MR) is 190 cm³/mol. The molecule has 3 aromatic carbocycles. The molecule has 2 heterocycles. The first-order chi connectivity index (χ1) is 22.7. The van der Waals surface area contributed by atoms with Gasteiger partial charge < -0.3 is 23.8 Å². The molecule has 0 unspecified atom stereocenters. The highest BCUT2D eigenvalue weighted by atomic mass is 127. The van der Waals surface area contributed by atoms with Gasteiger partial charge in [-0.15, -0.1) is 0 Å². The average molecular weight is 770 g/mol. The van der Waals surface area contributed by atoms with Crippen molar-refractivity contribution in [2.24, 2.45) is 4.99 Å². The smallest absolute Gasteiger partial charge is 0.344 e. The molecule has 0 N–H and O–H groups in total. The third-order valence-electron chi connectivity index (χ3n) is 7.92. The topological polar surface area (TPSA) is 109 Å². The quantitative estimate of drug-likeness (QED) is 0.159. The van der Waals surface area contributed by atoms with Gasteiger partial charge in [0.05, 0.1) is 40.2 Å². The molecule has 1 amide bonds. The number of methoxy groups -OCH3 is 2. The molecule has 0 radical (unpaired) electrons. The molecule has 0 fully saturated rings. The third kappa shape index (κ3) is 6.66. The van der Waals surface area contributed by atoms with E-state index in [-0.39, 0.29) is 24.7 Å². The minimum atomic E-state index is -0.782. The lowest BCUT2D eigenvalue weighted by Gasteiger charge is -2.30. The van der Waals surface area contributed by atoms with Crippen LogP contribution >= 0.6 is 33.9 Å². The number of nitrogens with zero attached hydrogens (tertiary/aromatic N) is 3. The van der Waals surface area contributed by atoms with Crippen molar-refractivity contribution in [1.29, 1.82) is 0 Å². The summed E-state index contributed by atoms with van der Waals surface area (Å²) < 4.78 is 24.9. The number of allylic oxidation sites excluding steroid dienone is 1. The minimum absolute atomic E-state index is 0.178. The molecule has 5 rings (SSSR count). The minimum Gasteiger partial charge on any atom is -0.496 e. The predicted octanol–water partition coefficient (Wildman–Crippen LogP) is 4.82. The van der Waals surface area contributed by atoms with Gasteiger partial charge in [-0.25, -0.2) is 9.79 Å². The van der Waals surface area contributed by atoms with E-state index in [1.165, 1.54) is 18.4 Å². The van der Waals surface area contributed by atoms with Gasteiger partial charge in [-0.05, 0) is 90.9 Å². The zero-order valence-electron chi connectivity index (χ0n) is 27.1. The lowest BCUT2D eigenvalue weighted by atomic mass is 9.90. The van der Waals surface area contributed by atoms with Gasteiger partial charge in [0.25, 0.3) is 11.5 Å². The molecule has 4 aromatic rings. The normalized spacial score (nSPS) is 14.4. The van der Waals surface area contributed by atoms with Crippen molar-refractivity contribution in [3.05, 3.63) is 94.2 Å². The lowest BCUT2D eigenvalue weighted by Crippen LogP contribution is -2.43. The second kappa shape index (κ2) is 14.7. The molecule has 47 heavy (non-hydrogen) atoms. The number of ether oxygens (including phenoxy) is 4. The third-order valence-corrected chi connectivity index (χ3v) is 9.70. The zero-order chi connectivity index (χ0) is 33.8. The van der Waals surface area contributed by atoms with Gasteiger partial charge in [0.1, 0.15) is 11.8 Å². The van der Waals surface area contributed by atoms with Crippen LogP contribution in [0.1, 0.15) is 44.9 Å². The van der Waals surface area contributed by atoms with E-state index in [4.69, 9.17) is 23.9 Å². The van der Waals surface area contributed by atoms with Gasteiger partial charge >= 0.3 is 5.97 Å².